The fourth-order valence-corrected chi connectivity index (χ4v) is 5.58. The molecular weight excluding hydrogens is 409 g/mol. The Kier molecular flexibility index (Phi) is 5.23. The maximum Gasteiger partial charge on any atom is 0.343 e. The van der Waals surface area contributed by atoms with Crippen molar-refractivity contribution in [1.29, 1.82) is 0 Å². The first-order valence-electron chi connectivity index (χ1n) is 9.81. The summed E-state index contributed by atoms with van der Waals surface area (Å²) in [5.41, 5.74) is 0.179. The highest BCUT2D eigenvalue weighted by atomic mass is 32.2. The summed E-state index contributed by atoms with van der Waals surface area (Å²) in [6.45, 7) is 2.31. The van der Waals surface area contributed by atoms with Crippen LogP contribution in [0.1, 0.15) is 26.2 Å². The molecule has 2 aromatic rings. The van der Waals surface area contributed by atoms with Gasteiger partial charge in [-0.2, -0.15) is 4.31 Å². The van der Waals surface area contributed by atoms with Gasteiger partial charge in [-0.1, -0.05) is 12.1 Å². The van der Waals surface area contributed by atoms with Gasteiger partial charge in [0.25, 0.3) is 10.0 Å². The SMILES string of the molecule is CC1CCCCN1C(=O)CN1C(=O)N(c2ccc(F)cc2)S(=O)(=O)c2ccccc21. The number of nitrogens with zero attached hydrogens (tertiary/aromatic N) is 3. The van der Waals surface area contributed by atoms with Gasteiger partial charge in [0.05, 0.1) is 11.4 Å². The van der Waals surface area contributed by atoms with E-state index in [-0.39, 0.29) is 34.8 Å². The summed E-state index contributed by atoms with van der Waals surface area (Å²) in [4.78, 5) is 29.1. The third-order valence-corrected chi connectivity index (χ3v) is 7.31. The number of halogens is 1. The van der Waals surface area contributed by atoms with Crippen molar-refractivity contribution in [3.05, 3.63) is 54.3 Å². The molecule has 4 rings (SSSR count). The zero-order valence-corrected chi connectivity index (χ0v) is 17.3. The Balaban J connectivity index is 1.75. The fraction of sp³-hybridized carbons (Fsp3) is 0.333. The minimum Gasteiger partial charge on any atom is -0.338 e. The molecule has 30 heavy (non-hydrogen) atoms. The number of hydrogen-bond donors (Lipinski definition) is 0. The number of fused-ring (bicyclic) bond motifs is 1. The Hall–Kier alpha value is -2.94. The number of para-hydroxylation sites is 1. The number of amides is 3. The van der Waals surface area contributed by atoms with Gasteiger partial charge in [-0.25, -0.2) is 17.6 Å². The maximum absolute atomic E-state index is 13.4. The van der Waals surface area contributed by atoms with Crippen LogP contribution in [0.3, 0.4) is 0 Å². The van der Waals surface area contributed by atoms with Crippen molar-refractivity contribution in [3.8, 4) is 0 Å². The van der Waals surface area contributed by atoms with Crippen LogP contribution in [0.5, 0.6) is 0 Å². The zero-order chi connectivity index (χ0) is 21.5. The number of piperidine rings is 1. The highest BCUT2D eigenvalue weighted by Gasteiger charge is 2.43. The molecule has 2 aliphatic rings. The number of benzene rings is 2. The van der Waals surface area contributed by atoms with E-state index in [2.05, 4.69) is 0 Å². The first-order valence-corrected chi connectivity index (χ1v) is 11.3. The van der Waals surface area contributed by atoms with E-state index in [1.165, 1.54) is 29.2 Å². The minimum absolute atomic E-state index is 0.0136. The van der Waals surface area contributed by atoms with Crippen LogP contribution in [0, 0.1) is 5.82 Å². The van der Waals surface area contributed by atoms with E-state index in [4.69, 9.17) is 0 Å². The van der Waals surface area contributed by atoms with Gasteiger partial charge in [0.1, 0.15) is 17.3 Å². The summed E-state index contributed by atoms with van der Waals surface area (Å²) in [6, 6.07) is 9.92. The summed E-state index contributed by atoms with van der Waals surface area (Å²) < 4.78 is 40.3. The molecule has 1 atom stereocenters. The standard InChI is InChI=1S/C21H22FN3O4S/c1-15-6-4-5-13-23(15)20(26)14-24-18-7-2-3-8-19(18)30(28,29)25(21(24)27)17-11-9-16(22)10-12-17/h2-3,7-12,15H,4-6,13-14H2,1H3. The third-order valence-electron chi connectivity index (χ3n) is 5.56. The van der Waals surface area contributed by atoms with Crippen molar-refractivity contribution >= 4 is 33.3 Å². The number of sulfonamides is 1. The molecule has 0 radical (unpaired) electrons. The van der Waals surface area contributed by atoms with Gasteiger partial charge in [0.2, 0.25) is 5.91 Å². The van der Waals surface area contributed by atoms with Crippen molar-refractivity contribution in [2.75, 3.05) is 22.3 Å². The number of hydrogen-bond acceptors (Lipinski definition) is 4. The average Bonchev–Trinajstić information content (AvgIpc) is 2.73. The predicted molar refractivity (Wildman–Crippen MR) is 110 cm³/mol. The number of likely N-dealkylation sites (tertiary alicyclic amines) is 1. The quantitative estimate of drug-likeness (QED) is 0.747. The first-order chi connectivity index (χ1) is 14.3. The van der Waals surface area contributed by atoms with Crippen molar-refractivity contribution < 1.29 is 22.4 Å². The molecule has 0 saturated carbocycles. The minimum atomic E-state index is -4.21. The van der Waals surface area contributed by atoms with Crippen molar-refractivity contribution in [2.24, 2.45) is 0 Å². The highest BCUT2D eigenvalue weighted by Crippen LogP contribution is 2.37. The first kappa shape index (κ1) is 20.3. The molecule has 0 N–H and O–H groups in total. The van der Waals surface area contributed by atoms with Crippen molar-refractivity contribution in [2.45, 2.75) is 37.1 Å². The van der Waals surface area contributed by atoms with E-state index in [0.717, 1.165) is 31.4 Å². The van der Waals surface area contributed by atoms with Crippen LogP contribution in [0.2, 0.25) is 0 Å². The summed E-state index contributed by atoms with van der Waals surface area (Å²) >= 11 is 0. The maximum atomic E-state index is 13.4. The highest BCUT2D eigenvalue weighted by molar-refractivity contribution is 7.94. The van der Waals surface area contributed by atoms with Gasteiger partial charge in [0.15, 0.2) is 0 Å². The summed E-state index contributed by atoms with van der Waals surface area (Å²) in [7, 11) is -4.21. The molecule has 0 aliphatic carbocycles. The van der Waals surface area contributed by atoms with E-state index in [1.54, 1.807) is 17.0 Å². The Morgan fingerprint density at radius 1 is 1.10 bits per heavy atom. The smallest absolute Gasteiger partial charge is 0.338 e. The lowest BCUT2D eigenvalue weighted by Gasteiger charge is -2.38. The molecule has 1 unspecified atom stereocenters. The zero-order valence-electron chi connectivity index (χ0n) is 16.5. The number of carbonyl (C=O) groups is 2. The normalized spacial score (nSPS) is 20.8. The molecule has 2 aliphatic heterocycles. The summed E-state index contributed by atoms with van der Waals surface area (Å²) in [5, 5.41) is 0. The molecule has 1 saturated heterocycles. The fourth-order valence-electron chi connectivity index (χ4n) is 3.99. The average molecular weight is 431 g/mol. The third kappa shape index (κ3) is 3.43. The Morgan fingerprint density at radius 2 is 1.80 bits per heavy atom. The molecule has 2 heterocycles. The van der Waals surface area contributed by atoms with Crippen LogP contribution < -0.4 is 9.21 Å². The second-order valence-electron chi connectivity index (χ2n) is 7.51. The molecule has 9 heteroatoms. The van der Waals surface area contributed by atoms with Gasteiger partial charge < -0.3 is 4.90 Å². The topological polar surface area (TPSA) is 78.0 Å². The van der Waals surface area contributed by atoms with Crippen LogP contribution in [-0.2, 0) is 14.8 Å². The second-order valence-corrected chi connectivity index (χ2v) is 9.27. The lowest BCUT2D eigenvalue weighted by molar-refractivity contribution is -0.132. The summed E-state index contributed by atoms with van der Waals surface area (Å²) in [5.74, 6) is -0.782. The number of rotatable bonds is 3. The monoisotopic (exact) mass is 431 g/mol. The van der Waals surface area contributed by atoms with Crippen LogP contribution in [0.15, 0.2) is 53.4 Å². The summed E-state index contributed by atoms with van der Waals surface area (Å²) in [6.07, 6.45) is 2.84. The van der Waals surface area contributed by atoms with Crippen LogP contribution in [0.4, 0.5) is 20.6 Å². The van der Waals surface area contributed by atoms with Crippen LogP contribution in [-0.4, -0.2) is 44.4 Å². The van der Waals surface area contributed by atoms with E-state index >= 15 is 0 Å². The predicted octanol–water partition coefficient (Wildman–Crippen LogP) is 3.36. The van der Waals surface area contributed by atoms with Crippen LogP contribution >= 0.6 is 0 Å². The molecule has 1 fully saturated rings. The number of urea groups is 1. The van der Waals surface area contributed by atoms with Gasteiger partial charge >= 0.3 is 6.03 Å². The molecule has 3 amide bonds. The molecule has 7 nitrogen and oxygen atoms in total. The molecular formula is C21H22FN3O4S. The Bertz CT molecular complexity index is 1090. The van der Waals surface area contributed by atoms with E-state index in [0.29, 0.717) is 10.8 Å². The van der Waals surface area contributed by atoms with E-state index < -0.39 is 21.9 Å². The second kappa shape index (κ2) is 7.71. The lowest BCUT2D eigenvalue weighted by atomic mass is 10.0. The molecule has 0 bridgehead atoms. The van der Waals surface area contributed by atoms with Crippen molar-refractivity contribution in [3.63, 3.8) is 0 Å². The van der Waals surface area contributed by atoms with Gasteiger partial charge in [-0.05, 0) is 62.6 Å². The van der Waals surface area contributed by atoms with Gasteiger partial charge in [-0.3, -0.25) is 9.69 Å². The molecule has 0 aromatic heterocycles. The van der Waals surface area contributed by atoms with Crippen molar-refractivity contribution in [1.82, 2.24) is 4.90 Å². The van der Waals surface area contributed by atoms with Gasteiger partial charge in [0, 0.05) is 12.6 Å². The molecule has 158 valence electrons. The Labute approximate surface area is 174 Å². The van der Waals surface area contributed by atoms with Crippen LogP contribution in [0.25, 0.3) is 0 Å². The van der Waals surface area contributed by atoms with E-state index in [9.17, 15) is 22.4 Å². The Morgan fingerprint density at radius 3 is 2.50 bits per heavy atom. The number of anilines is 2. The molecule has 2 aromatic carbocycles. The largest absolute Gasteiger partial charge is 0.343 e. The van der Waals surface area contributed by atoms with Gasteiger partial charge in [-0.15, -0.1) is 0 Å². The molecule has 0 spiro atoms. The number of carbonyl (C=O) groups excluding carboxylic acids is 2. The lowest BCUT2D eigenvalue weighted by Crippen LogP contribution is -2.55. The van der Waals surface area contributed by atoms with E-state index in [1.807, 2.05) is 6.92 Å².